The van der Waals surface area contributed by atoms with E-state index in [-0.39, 0.29) is 12.2 Å². The maximum absolute atomic E-state index is 13.4. The lowest BCUT2D eigenvalue weighted by atomic mass is 9.96. The van der Waals surface area contributed by atoms with Gasteiger partial charge in [-0.3, -0.25) is 9.36 Å². The van der Waals surface area contributed by atoms with Crippen LogP contribution in [0.4, 0.5) is 0 Å². The highest BCUT2D eigenvalue weighted by Gasteiger charge is 2.33. The minimum absolute atomic E-state index is 0.179. The number of thiazole rings is 1. The second-order valence-electron chi connectivity index (χ2n) is 6.77. The fourth-order valence-corrected chi connectivity index (χ4v) is 4.95. The molecular weight excluding hydrogens is 464 g/mol. The Hall–Kier alpha value is -2.77. The zero-order valence-corrected chi connectivity index (χ0v) is 18.9. The summed E-state index contributed by atoms with van der Waals surface area (Å²) in [5.41, 5.74) is 2.53. The third-order valence-electron chi connectivity index (χ3n) is 4.78. The monoisotopic (exact) mass is 482 g/mol. The predicted octanol–water partition coefficient (Wildman–Crippen LogP) is 3.56. The Bertz CT molecular complexity index is 1320. The number of rotatable bonds is 4. The molecule has 0 N–H and O–H groups in total. The lowest BCUT2D eigenvalue weighted by Crippen LogP contribution is -2.39. The van der Waals surface area contributed by atoms with Crippen LogP contribution in [0.2, 0.25) is 0 Å². The van der Waals surface area contributed by atoms with Gasteiger partial charge in [0, 0.05) is 4.47 Å². The standard InChI is InChI=1S/C23H19BrN2O3S/c1-3-29-22(28)19-14(2)25-23-26(20(19)16-9-5-4-6-10-16)21(27)18(30-23)13-15-8-7-11-17(24)12-15/h4-13,20H,3H2,1-2H3/t20-/m1/s1. The van der Waals surface area contributed by atoms with Crippen LogP contribution in [-0.2, 0) is 9.53 Å². The summed E-state index contributed by atoms with van der Waals surface area (Å²) in [5.74, 6) is -0.450. The molecule has 2 heterocycles. The van der Waals surface area contributed by atoms with E-state index in [2.05, 4.69) is 20.9 Å². The quantitative estimate of drug-likeness (QED) is 0.534. The van der Waals surface area contributed by atoms with Crippen molar-refractivity contribution in [1.82, 2.24) is 4.57 Å². The van der Waals surface area contributed by atoms with Gasteiger partial charge in [0.2, 0.25) is 0 Å². The summed E-state index contributed by atoms with van der Waals surface area (Å²) in [7, 11) is 0. The number of aromatic nitrogens is 1. The van der Waals surface area contributed by atoms with Gasteiger partial charge in [-0.05, 0) is 43.2 Å². The number of hydrogen-bond donors (Lipinski definition) is 0. The molecule has 3 aromatic rings. The molecule has 0 unspecified atom stereocenters. The first kappa shape index (κ1) is 20.5. The third kappa shape index (κ3) is 3.82. The average molecular weight is 483 g/mol. The third-order valence-corrected chi connectivity index (χ3v) is 6.25. The molecule has 0 spiro atoms. The van der Waals surface area contributed by atoms with E-state index < -0.39 is 12.0 Å². The lowest BCUT2D eigenvalue weighted by Gasteiger charge is -2.24. The number of esters is 1. The first-order chi connectivity index (χ1) is 14.5. The van der Waals surface area contributed by atoms with Crippen LogP contribution >= 0.6 is 27.3 Å². The molecular formula is C23H19BrN2O3S. The van der Waals surface area contributed by atoms with Crippen LogP contribution in [0.3, 0.4) is 0 Å². The van der Waals surface area contributed by atoms with Gasteiger partial charge in [-0.25, -0.2) is 9.79 Å². The number of fused-ring (bicyclic) bond motifs is 1. The van der Waals surface area contributed by atoms with E-state index in [1.54, 1.807) is 18.4 Å². The molecule has 0 saturated heterocycles. The van der Waals surface area contributed by atoms with Gasteiger partial charge < -0.3 is 4.74 Å². The second kappa shape index (κ2) is 8.53. The van der Waals surface area contributed by atoms with E-state index in [1.165, 1.54) is 11.3 Å². The topological polar surface area (TPSA) is 60.7 Å². The maximum Gasteiger partial charge on any atom is 0.338 e. The minimum Gasteiger partial charge on any atom is -0.463 e. The highest BCUT2D eigenvalue weighted by atomic mass is 79.9. The maximum atomic E-state index is 13.4. The van der Waals surface area contributed by atoms with E-state index >= 15 is 0 Å². The van der Waals surface area contributed by atoms with Crippen LogP contribution < -0.4 is 14.9 Å². The molecule has 0 saturated carbocycles. The molecule has 30 heavy (non-hydrogen) atoms. The molecule has 2 aromatic carbocycles. The van der Waals surface area contributed by atoms with Crippen LogP contribution in [0.1, 0.15) is 31.0 Å². The molecule has 7 heteroatoms. The normalized spacial score (nSPS) is 16.2. The Balaban J connectivity index is 1.96. The lowest BCUT2D eigenvalue weighted by molar-refractivity contribution is -0.139. The number of benzene rings is 2. The Morgan fingerprint density at radius 3 is 2.70 bits per heavy atom. The number of nitrogens with zero attached hydrogens (tertiary/aromatic N) is 2. The molecule has 5 nitrogen and oxygen atoms in total. The number of hydrogen-bond acceptors (Lipinski definition) is 5. The molecule has 4 rings (SSSR count). The van der Waals surface area contributed by atoms with Gasteiger partial charge in [0.25, 0.3) is 5.56 Å². The summed E-state index contributed by atoms with van der Waals surface area (Å²) in [6.07, 6.45) is 1.85. The second-order valence-corrected chi connectivity index (χ2v) is 8.69. The molecule has 0 aliphatic carbocycles. The van der Waals surface area contributed by atoms with Crippen molar-refractivity contribution in [2.75, 3.05) is 6.61 Å². The van der Waals surface area contributed by atoms with Crippen molar-refractivity contribution in [3.63, 3.8) is 0 Å². The number of carbonyl (C=O) groups excluding carboxylic acids is 1. The van der Waals surface area contributed by atoms with Gasteiger partial charge in [-0.15, -0.1) is 0 Å². The molecule has 0 radical (unpaired) electrons. The van der Waals surface area contributed by atoms with Gasteiger partial charge in [-0.1, -0.05) is 69.7 Å². The van der Waals surface area contributed by atoms with Gasteiger partial charge in [-0.2, -0.15) is 0 Å². The van der Waals surface area contributed by atoms with E-state index in [0.29, 0.717) is 20.6 Å². The molecule has 1 atom stereocenters. The number of carbonyl (C=O) groups is 1. The van der Waals surface area contributed by atoms with Crippen molar-refractivity contribution in [3.05, 3.63) is 101 Å². The van der Waals surface area contributed by atoms with Crippen LogP contribution in [0, 0.1) is 0 Å². The first-order valence-electron chi connectivity index (χ1n) is 9.49. The van der Waals surface area contributed by atoms with Crippen molar-refractivity contribution in [1.29, 1.82) is 0 Å². The van der Waals surface area contributed by atoms with E-state index in [9.17, 15) is 9.59 Å². The molecule has 0 amide bonds. The number of halogens is 1. The van der Waals surface area contributed by atoms with E-state index in [0.717, 1.165) is 15.6 Å². The Morgan fingerprint density at radius 2 is 2.00 bits per heavy atom. The summed E-state index contributed by atoms with van der Waals surface area (Å²) in [5, 5.41) is 0. The molecule has 0 fully saturated rings. The van der Waals surface area contributed by atoms with Crippen molar-refractivity contribution in [3.8, 4) is 0 Å². The molecule has 1 aliphatic rings. The highest BCUT2D eigenvalue weighted by molar-refractivity contribution is 9.10. The van der Waals surface area contributed by atoms with Crippen LogP contribution in [-0.4, -0.2) is 17.1 Å². The van der Waals surface area contributed by atoms with E-state index in [1.807, 2.05) is 60.7 Å². The Kier molecular flexibility index (Phi) is 5.83. The largest absolute Gasteiger partial charge is 0.463 e. The Morgan fingerprint density at radius 1 is 1.23 bits per heavy atom. The smallest absolute Gasteiger partial charge is 0.338 e. The zero-order valence-electron chi connectivity index (χ0n) is 16.5. The zero-order chi connectivity index (χ0) is 21.3. The Labute approximate surface area is 185 Å². The first-order valence-corrected chi connectivity index (χ1v) is 11.1. The number of allylic oxidation sites excluding steroid dienone is 1. The van der Waals surface area contributed by atoms with Crippen LogP contribution in [0.25, 0.3) is 6.08 Å². The minimum atomic E-state index is -0.578. The molecule has 1 aromatic heterocycles. The van der Waals surface area contributed by atoms with Crippen molar-refractivity contribution < 1.29 is 9.53 Å². The van der Waals surface area contributed by atoms with E-state index in [4.69, 9.17) is 4.74 Å². The molecule has 1 aliphatic heterocycles. The summed E-state index contributed by atoms with van der Waals surface area (Å²) >= 11 is 4.78. The average Bonchev–Trinajstić information content (AvgIpc) is 3.02. The summed E-state index contributed by atoms with van der Waals surface area (Å²) in [4.78, 5) is 31.3. The van der Waals surface area contributed by atoms with Crippen LogP contribution in [0.15, 0.2) is 80.1 Å². The number of ether oxygens (including phenoxy) is 1. The predicted molar refractivity (Wildman–Crippen MR) is 121 cm³/mol. The van der Waals surface area contributed by atoms with Gasteiger partial charge in [0.05, 0.1) is 28.5 Å². The van der Waals surface area contributed by atoms with Crippen molar-refractivity contribution in [2.24, 2.45) is 4.99 Å². The molecule has 0 bridgehead atoms. The summed E-state index contributed by atoms with van der Waals surface area (Å²) in [6.45, 7) is 3.80. The fraction of sp³-hybridized carbons (Fsp3) is 0.174. The van der Waals surface area contributed by atoms with Gasteiger partial charge in [0.1, 0.15) is 0 Å². The highest BCUT2D eigenvalue weighted by Crippen LogP contribution is 2.30. The van der Waals surface area contributed by atoms with Crippen LogP contribution in [0.5, 0.6) is 0 Å². The van der Waals surface area contributed by atoms with Crippen molar-refractivity contribution in [2.45, 2.75) is 19.9 Å². The van der Waals surface area contributed by atoms with Crippen molar-refractivity contribution >= 4 is 39.3 Å². The summed E-state index contributed by atoms with van der Waals surface area (Å²) < 4.78 is 8.39. The SMILES string of the molecule is CCOC(=O)C1=C(C)N=c2sc(=Cc3cccc(Br)c3)c(=O)n2[C@@H]1c1ccccc1. The van der Waals surface area contributed by atoms with Gasteiger partial charge in [0.15, 0.2) is 4.80 Å². The summed E-state index contributed by atoms with van der Waals surface area (Å²) in [6, 6.07) is 16.7. The fourth-order valence-electron chi connectivity index (χ4n) is 3.49. The molecule has 152 valence electrons. The van der Waals surface area contributed by atoms with Gasteiger partial charge >= 0.3 is 5.97 Å².